The molecule has 0 saturated carbocycles. The van der Waals surface area contributed by atoms with E-state index in [9.17, 15) is 9.90 Å². The number of anilines is 2. The van der Waals surface area contributed by atoms with Crippen molar-refractivity contribution < 1.29 is 14.6 Å². The van der Waals surface area contributed by atoms with Crippen LogP contribution < -0.4 is 15.8 Å². The molecule has 3 heterocycles. The monoisotopic (exact) mass is 448 g/mol. The third-order valence-electron chi connectivity index (χ3n) is 5.68. The van der Waals surface area contributed by atoms with Crippen LogP contribution in [0.5, 0.6) is 5.88 Å². The molecule has 0 aliphatic rings. The number of fused-ring (bicyclic) bond motifs is 3. The van der Waals surface area contributed by atoms with Crippen molar-refractivity contribution in [3.8, 4) is 5.88 Å². The lowest BCUT2D eigenvalue weighted by atomic mass is 10.1. The number of nitrogens with two attached hydrogens (primary N) is 1. The number of ether oxygens (including phenoxy) is 1. The van der Waals surface area contributed by atoms with Crippen LogP contribution in [0, 0.1) is 0 Å². The molecule has 4 N–H and O–H groups in total. The van der Waals surface area contributed by atoms with E-state index in [0.717, 1.165) is 46.6 Å². The molecule has 4 rings (SSSR count). The van der Waals surface area contributed by atoms with Gasteiger partial charge in [0.05, 0.1) is 19.2 Å². The van der Waals surface area contributed by atoms with Crippen molar-refractivity contribution in [3.05, 3.63) is 47.7 Å². The molecular formula is C24H28N6O3. The number of carbonyl (C=O) groups is 1. The van der Waals surface area contributed by atoms with Gasteiger partial charge in [-0.2, -0.15) is 4.98 Å². The fourth-order valence-electron chi connectivity index (χ4n) is 4.24. The standard InChI is InChI=1S/C24H28N6O3/c1-3-6-17(9-10-31)27-22-21-20(28-24(25)29-22)18-7-4-5-8-19(18)30(21)13-16-11-15(14-32)12-26-23(16)33-2/h4-5,7-8,11-12,14,17,31H,3,6,9-10,13H2,1-2H3,(H3,25,27,28,29)/t17-/m0/s1. The van der Waals surface area contributed by atoms with Gasteiger partial charge in [0.25, 0.3) is 0 Å². The summed E-state index contributed by atoms with van der Waals surface area (Å²) in [7, 11) is 1.55. The lowest BCUT2D eigenvalue weighted by molar-refractivity contribution is 0.112. The number of aliphatic hydroxyl groups excluding tert-OH is 1. The second kappa shape index (κ2) is 9.83. The number of aldehydes is 1. The van der Waals surface area contributed by atoms with Crippen molar-refractivity contribution in [3.63, 3.8) is 0 Å². The van der Waals surface area contributed by atoms with Gasteiger partial charge in [-0.1, -0.05) is 31.5 Å². The fourth-order valence-corrected chi connectivity index (χ4v) is 4.24. The van der Waals surface area contributed by atoms with E-state index >= 15 is 0 Å². The molecule has 0 fully saturated rings. The molecule has 0 saturated heterocycles. The van der Waals surface area contributed by atoms with Gasteiger partial charge in [0.1, 0.15) is 11.0 Å². The minimum Gasteiger partial charge on any atom is -0.481 e. The Morgan fingerprint density at radius 1 is 1.27 bits per heavy atom. The summed E-state index contributed by atoms with van der Waals surface area (Å²) < 4.78 is 7.55. The van der Waals surface area contributed by atoms with Crippen LogP contribution in [0.2, 0.25) is 0 Å². The smallest absolute Gasteiger partial charge is 0.222 e. The zero-order valence-electron chi connectivity index (χ0n) is 18.8. The molecule has 0 amide bonds. The number of hydrogen-bond donors (Lipinski definition) is 3. The molecule has 3 aromatic heterocycles. The number of pyridine rings is 1. The number of para-hydroxylation sites is 1. The molecule has 0 aliphatic heterocycles. The number of carbonyl (C=O) groups excluding carboxylic acids is 1. The van der Waals surface area contributed by atoms with Crippen molar-refractivity contribution in [1.29, 1.82) is 0 Å². The fraction of sp³-hybridized carbons (Fsp3) is 0.333. The van der Waals surface area contributed by atoms with Crippen LogP contribution in [0.15, 0.2) is 36.5 Å². The average molecular weight is 449 g/mol. The molecule has 0 unspecified atom stereocenters. The predicted octanol–water partition coefficient (Wildman–Crippen LogP) is 3.39. The number of aromatic nitrogens is 4. The van der Waals surface area contributed by atoms with E-state index in [2.05, 4.69) is 31.8 Å². The van der Waals surface area contributed by atoms with Crippen LogP contribution in [0.4, 0.5) is 11.8 Å². The highest BCUT2D eigenvalue weighted by Gasteiger charge is 2.21. The third-order valence-corrected chi connectivity index (χ3v) is 5.68. The van der Waals surface area contributed by atoms with Crippen molar-refractivity contribution in [2.75, 3.05) is 24.8 Å². The van der Waals surface area contributed by atoms with E-state index < -0.39 is 0 Å². The van der Waals surface area contributed by atoms with Crippen LogP contribution >= 0.6 is 0 Å². The van der Waals surface area contributed by atoms with E-state index in [1.54, 1.807) is 13.2 Å². The van der Waals surface area contributed by atoms with Crippen LogP contribution in [-0.2, 0) is 6.54 Å². The maximum Gasteiger partial charge on any atom is 0.222 e. The molecule has 1 aromatic carbocycles. The minimum atomic E-state index is 0.0403. The van der Waals surface area contributed by atoms with Crippen molar-refractivity contribution in [2.24, 2.45) is 0 Å². The van der Waals surface area contributed by atoms with Gasteiger partial charge in [0.15, 0.2) is 12.1 Å². The summed E-state index contributed by atoms with van der Waals surface area (Å²) >= 11 is 0. The Kier molecular flexibility index (Phi) is 6.69. The lowest BCUT2D eigenvalue weighted by Crippen LogP contribution is -2.22. The minimum absolute atomic E-state index is 0.0403. The molecular weight excluding hydrogens is 420 g/mol. The molecule has 0 spiro atoms. The molecule has 0 bridgehead atoms. The predicted molar refractivity (Wildman–Crippen MR) is 129 cm³/mol. The highest BCUT2D eigenvalue weighted by Crippen LogP contribution is 2.34. The highest BCUT2D eigenvalue weighted by molar-refractivity contribution is 6.09. The SMILES string of the molecule is CCC[C@@H](CCO)Nc1nc(N)nc2c3ccccc3n(Cc3cc(C=O)cnc3OC)c12. The first kappa shape index (κ1) is 22.5. The van der Waals surface area contributed by atoms with Crippen molar-refractivity contribution >= 4 is 40.0 Å². The first-order chi connectivity index (χ1) is 16.1. The molecule has 1 atom stereocenters. The lowest BCUT2D eigenvalue weighted by Gasteiger charge is -2.19. The summed E-state index contributed by atoms with van der Waals surface area (Å²) in [6.07, 6.45) is 4.70. The average Bonchev–Trinajstić information content (AvgIpc) is 3.13. The summed E-state index contributed by atoms with van der Waals surface area (Å²) in [6, 6.07) is 9.74. The van der Waals surface area contributed by atoms with Crippen LogP contribution in [0.3, 0.4) is 0 Å². The zero-order chi connectivity index (χ0) is 23.4. The number of nitrogen functional groups attached to an aromatic ring is 1. The van der Waals surface area contributed by atoms with Gasteiger partial charge in [0.2, 0.25) is 11.8 Å². The summed E-state index contributed by atoms with van der Waals surface area (Å²) in [5.41, 5.74) is 9.80. The van der Waals surface area contributed by atoms with Crippen LogP contribution in [-0.4, -0.2) is 50.7 Å². The Morgan fingerprint density at radius 2 is 2.09 bits per heavy atom. The maximum absolute atomic E-state index is 11.4. The Morgan fingerprint density at radius 3 is 2.82 bits per heavy atom. The van der Waals surface area contributed by atoms with Crippen molar-refractivity contribution in [1.82, 2.24) is 19.5 Å². The van der Waals surface area contributed by atoms with Gasteiger partial charge in [-0.05, 0) is 25.0 Å². The topological polar surface area (TPSA) is 128 Å². The van der Waals surface area contributed by atoms with E-state index in [-0.39, 0.29) is 18.6 Å². The molecule has 0 radical (unpaired) electrons. The molecule has 0 aliphatic carbocycles. The molecule has 33 heavy (non-hydrogen) atoms. The van der Waals surface area contributed by atoms with Gasteiger partial charge >= 0.3 is 0 Å². The van der Waals surface area contributed by atoms with Gasteiger partial charge in [0, 0.05) is 35.4 Å². The second-order valence-electron chi connectivity index (χ2n) is 7.93. The number of hydrogen-bond acceptors (Lipinski definition) is 8. The molecule has 9 heteroatoms. The van der Waals surface area contributed by atoms with E-state index in [1.165, 1.54) is 6.20 Å². The first-order valence-electron chi connectivity index (χ1n) is 11.0. The van der Waals surface area contributed by atoms with Crippen molar-refractivity contribution in [2.45, 2.75) is 38.8 Å². The number of benzene rings is 1. The number of methoxy groups -OCH3 is 1. The molecule has 9 nitrogen and oxygen atoms in total. The van der Waals surface area contributed by atoms with E-state index in [4.69, 9.17) is 10.5 Å². The van der Waals surface area contributed by atoms with Crippen LogP contribution in [0.1, 0.15) is 42.1 Å². The highest BCUT2D eigenvalue weighted by atomic mass is 16.5. The summed E-state index contributed by atoms with van der Waals surface area (Å²) in [4.78, 5) is 24.7. The van der Waals surface area contributed by atoms with Gasteiger partial charge < -0.3 is 25.5 Å². The summed E-state index contributed by atoms with van der Waals surface area (Å²) in [6.45, 7) is 2.57. The largest absolute Gasteiger partial charge is 0.481 e. The summed E-state index contributed by atoms with van der Waals surface area (Å²) in [5.74, 6) is 1.23. The Labute approximate surface area is 191 Å². The zero-order valence-corrected chi connectivity index (χ0v) is 18.8. The van der Waals surface area contributed by atoms with E-state index in [1.807, 2.05) is 24.3 Å². The third kappa shape index (κ3) is 4.45. The van der Waals surface area contributed by atoms with Gasteiger partial charge in [-0.25, -0.2) is 9.97 Å². The maximum atomic E-state index is 11.4. The van der Waals surface area contributed by atoms with Crippen LogP contribution in [0.25, 0.3) is 21.9 Å². The molecule has 172 valence electrons. The quantitative estimate of drug-likeness (QED) is 0.315. The molecule has 4 aromatic rings. The Balaban J connectivity index is 1.94. The first-order valence-corrected chi connectivity index (χ1v) is 11.0. The number of aliphatic hydroxyl groups is 1. The number of nitrogens with one attached hydrogen (secondary N) is 1. The van der Waals surface area contributed by atoms with Gasteiger partial charge in [-0.3, -0.25) is 4.79 Å². The number of rotatable bonds is 10. The second-order valence-corrected chi connectivity index (χ2v) is 7.93. The van der Waals surface area contributed by atoms with Gasteiger partial charge in [-0.15, -0.1) is 0 Å². The Bertz CT molecular complexity index is 1280. The summed E-state index contributed by atoms with van der Waals surface area (Å²) in [5, 5.41) is 14.0. The number of nitrogens with zero attached hydrogens (tertiary/aromatic N) is 4. The van der Waals surface area contributed by atoms with E-state index in [0.29, 0.717) is 30.2 Å². The normalized spacial score (nSPS) is 12.2. The Hall–Kier alpha value is -3.72.